The van der Waals surface area contributed by atoms with Crippen molar-refractivity contribution in [1.82, 2.24) is 0 Å². The van der Waals surface area contributed by atoms with Gasteiger partial charge in [0, 0.05) is 34.7 Å². The third-order valence-electron chi connectivity index (χ3n) is 5.39. The molecule has 9 heteroatoms. The second kappa shape index (κ2) is 13.2. The number of fused-ring (bicyclic) bond motifs is 2. The van der Waals surface area contributed by atoms with Crippen LogP contribution in [0.5, 0.6) is 0 Å². The molecular weight excluding hydrogens is 492 g/mol. The highest BCUT2D eigenvalue weighted by molar-refractivity contribution is 7.79. The molecule has 0 aliphatic rings. The van der Waals surface area contributed by atoms with E-state index in [1.807, 2.05) is 24.8 Å². The lowest BCUT2D eigenvalue weighted by molar-refractivity contribution is -0.378. The lowest BCUT2D eigenvalue weighted by atomic mass is 9.91. The van der Waals surface area contributed by atoms with Crippen molar-refractivity contribution in [1.29, 1.82) is 0 Å². The van der Waals surface area contributed by atoms with Crippen molar-refractivity contribution in [3.8, 4) is 0 Å². The molecule has 2 aromatic heterocycles. The average molecular weight is 519 g/mol. The Morgan fingerprint density at radius 2 is 0.784 bits per heavy atom. The summed E-state index contributed by atoms with van der Waals surface area (Å²) in [5.74, 6) is 0. The van der Waals surface area contributed by atoms with E-state index >= 15 is 0 Å². The number of hydrogen-bond acceptors (Lipinski definition) is 4. The van der Waals surface area contributed by atoms with Crippen LogP contribution in [0.4, 0.5) is 0 Å². The highest BCUT2D eigenvalue weighted by atomic mass is 32.3. The van der Waals surface area contributed by atoms with Crippen LogP contribution >= 0.6 is 0 Å². The van der Waals surface area contributed by atoms with Gasteiger partial charge in [-0.25, -0.2) is 9.97 Å². The van der Waals surface area contributed by atoms with Gasteiger partial charge in [0.15, 0.2) is 24.8 Å². The highest BCUT2D eigenvalue weighted by Gasteiger charge is 2.10. The molecule has 37 heavy (non-hydrogen) atoms. The van der Waals surface area contributed by atoms with Crippen LogP contribution in [0.3, 0.4) is 0 Å². The van der Waals surface area contributed by atoms with Crippen molar-refractivity contribution >= 4 is 56.2 Å². The van der Waals surface area contributed by atoms with Crippen LogP contribution in [0.15, 0.2) is 97.6 Å². The van der Waals surface area contributed by atoms with Gasteiger partial charge in [0.25, 0.3) is 0 Å². The first-order chi connectivity index (χ1) is 16.9. The topological polar surface area (TPSA) is 172 Å². The summed E-state index contributed by atoms with van der Waals surface area (Å²) < 4.78 is 34.1. The van der Waals surface area contributed by atoms with Gasteiger partial charge in [0.2, 0.25) is 0 Å². The largest absolute Gasteiger partial charge is 0.759 e. The second-order valence-electron chi connectivity index (χ2n) is 7.66. The molecule has 0 aliphatic heterocycles. The van der Waals surface area contributed by atoms with Crippen LogP contribution in [0.1, 0.15) is 22.3 Å². The lowest BCUT2D eigenvalue weighted by Gasteiger charge is -2.13. The number of aromatic amines is 2. The minimum atomic E-state index is -5.17. The summed E-state index contributed by atoms with van der Waals surface area (Å²) in [6.45, 7) is 0. The summed E-state index contributed by atoms with van der Waals surface area (Å²) in [5, 5.41) is 5.04. The van der Waals surface area contributed by atoms with Gasteiger partial charge in [-0.1, -0.05) is 72.8 Å². The van der Waals surface area contributed by atoms with Crippen molar-refractivity contribution in [2.24, 2.45) is 0 Å². The number of H-pyrrole nitrogens is 2. The maximum atomic E-state index is 8.52. The highest BCUT2D eigenvalue weighted by Crippen LogP contribution is 2.35. The number of rotatable bonds is 4. The first-order valence-corrected chi connectivity index (χ1v) is 12.1. The molecule has 0 spiro atoms. The molecule has 5 rings (SSSR count). The molecule has 0 radical (unpaired) electrons. The van der Waals surface area contributed by atoms with E-state index < -0.39 is 10.4 Å². The van der Waals surface area contributed by atoms with E-state index in [1.54, 1.807) is 0 Å². The predicted octanol–water partition coefficient (Wildman–Crippen LogP) is 2.97. The molecular formula is C28H26N2O6S. The Kier molecular flexibility index (Phi) is 10.3. The Morgan fingerprint density at radius 1 is 0.514 bits per heavy atom. The molecule has 190 valence electrons. The molecule has 0 saturated carbocycles. The van der Waals surface area contributed by atoms with E-state index in [0.29, 0.717) is 0 Å². The standard InChI is InChI=1S/C28H20N2.H2O4S.2H2O/c1-2-6-24-23(5-1)27(11-9-21-13-17-29-18-14-21)25-7-3-4-8-26(25)28(24)12-10-22-15-19-30-20-16-22;1-5(2,3)4;;/h1-20H;(H2,1,2,3,4);2*1H2/b11-9+,12-10+;;;. The molecule has 8 nitrogen and oxygen atoms in total. The first-order valence-electron chi connectivity index (χ1n) is 10.8. The van der Waals surface area contributed by atoms with Crippen molar-refractivity contribution in [2.75, 3.05) is 0 Å². The zero-order valence-corrected chi connectivity index (χ0v) is 20.4. The molecule has 0 fully saturated rings. The van der Waals surface area contributed by atoms with Gasteiger partial charge in [-0.2, -0.15) is 0 Å². The van der Waals surface area contributed by atoms with Gasteiger partial charge in [-0.05, 0) is 43.8 Å². The molecule has 2 heterocycles. The molecule has 0 bridgehead atoms. The Balaban J connectivity index is 0.000000631. The number of pyridine rings is 2. The molecule has 0 aliphatic carbocycles. The van der Waals surface area contributed by atoms with Gasteiger partial charge in [0.1, 0.15) is 0 Å². The smallest absolute Gasteiger partial charge is 0.167 e. The summed E-state index contributed by atoms with van der Waals surface area (Å²) in [5.41, 5.74) is 4.85. The van der Waals surface area contributed by atoms with E-state index in [4.69, 9.17) is 17.5 Å². The maximum absolute atomic E-state index is 8.52. The van der Waals surface area contributed by atoms with Crippen molar-refractivity contribution in [3.63, 3.8) is 0 Å². The molecule has 0 amide bonds. The van der Waals surface area contributed by atoms with Gasteiger partial charge in [0.05, 0.1) is 0 Å². The van der Waals surface area contributed by atoms with E-state index in [9.17, 15) is 0 Å². The first kappa shape index (κ1) is 29.0. The number of benzene rings is 3. The molecule has 6 N–H and O–H groups in total. The normalized spacial score (nSPS) is 11.1. The summed E-state index contributed by atoms with van der Waals surface area (Å²) in [6.07, 6.45) is 16.6. The Labute approximate surface area is 214 Å². The maximum Gasteiger partial charge on any atom is 0.167 e. The van der Waals surface area contributed by atoms with Crippen LogP contribution in [-0.2, 0) is 10.4 Å². The summed E-state index contributed by atoms with van der Waals surface area (Å²) >= 11 is 0. The van der Waals surface area contributed by atoms with Gasteiger partial charge < -0.3 is 20.1 Å². The lowest BCUT2D eigenvalue weighted by Crippen LogP contribution is -1.96. The van der Waals surface area contributed by atoms with E-state index in [0.717, 1.165) is 0 Å². The summed E-state index contributed by atoms with van der Waals surface area (Å²) in [4.78, 5) is 6.16. The van der Waals surface area contributed by atoms with Crippen molar-refractivity contribution in [2.45, 2.75) is 0 Å². The van der Waals surface area contributed by atoms with Crippen molar-refractivity contribution in [3.05, 3.63) is 120 Å². The van der Waals surface area contributed by atoms with Crippen LogP contribution < -0.4 is 9.97 Å². The summed E-state index contributed by atoms with van der Waals surface area (Å²) in [7, 11) is -5.17. The van der Waals surface area contributed by atoms with E-state index in [-0.39, 0.29) is 11.0 Å². The minimum absolute atomic E-state index is 0. The van der Waals surface area contributed by atoms with E-state index in [2.05, 4.69) is 107 Å². The molecule has 3 aromatic carbocycles. The summed E-state index contributed by atoms with van der Waals surface area (Å²) in [6, 6.07) is 25.7. The molecule has 0 unspecified atom stereocenters. The predicted molar refractivity (Wildman–Crippen MR) is 143 cm³/mol. The third-order valence-corrected chi connectivity index (χ3v) is 5.39. The number of nitrogens with one attached hydrogen (secondary N) is 2. The fraction of sp³-hybridized carbons (Fsp3) is 0. The monoisotopic (exact) mass is 518 g/mol. The number of hydrogen-bond donors (Lipinski definition) is 0. The third kappa shape index (κ3) is 7.87. The Bertz CT molecular complexity index is 1450. The molecule has 5 aromatic rings. The quantitative estimate of drug-likeness (QED) is 0.202. The fourth-order valence-corrected chi connectivity index (χ4v) is 3.94. The minimum Gasteiger partial charge on any atom is -0.759 e. The van der Waals surface area contributed by atoms with E-state index in [1.165, 1.54) is 43.8 Å². The number of aromatic nitrogens is 2. The fourth-order valence-electron chi connectivity index (χ4n) is 3.94. The average Bonchev–Trinajstić information content (AvgIpc) is 2.86. The Hall–Kier alpha value is -4.25. The van der Waals surface area contributed by atoms with Crippen LogP contribution in [-0.4, -0.2) is 28.5 Å². The second-order valence-corrected chi connectivity index (χ2v) is 8.48. The van der Waals surface area contributed by atoms with Gasteiger partial charge >= 0.3 is 0 Å². The zero-order valence-electron chi connectivity index (χ0n) is 19.6. The van der Waals surface area contributed by atoms with Gasteiger partial charge in [-0.3, -0.25) is 8.42 Å². The van der Waals surface area contributed by atoms with Gasteiger partial charge in [-0.15, -0.1) is 0 Å². The van der Waals surface area contributed by atoms with Crippen LogP contribution in [0.25, 0.3) is 45.8 Å². The SMILES string of the molecule is C(=C\c1c2ccccc2c(/C=C/c2cc[nH+]cc2)c2ccccc12)/c1cc[nH+]cc1.O.O.O=S(=O)([O-])[O-]. The zero-order chi connectivity index (χ0) is 24.7. The van der Waals surface area contributed by atoms with Crippen LogP contribution in [0, 0.1) is 0 Å². The Morgan fingerprint density at radius 3 is 1.05 bits per heavy atom. The molecule has 0 atom stereocenters. The molecule has 0 saturated heterocycles. The van der Waals surface area contributed by atoms with Crippen molar-refractivity contribution < 1.29 is 38.4 Å². The van der Waals surface area contributed by atoms with Crippen LogP contribution in [0.2, 0.25) is 0 Å².